The first-order valence-electron chi connectivity index (χ1n) is 9.10. The molecule has 1 unspecified atom stereocenters. The van der Waals surface area contributed by atoms with Gasteiger partial charge in [-0.25, -0.2) is 4.79 Å². The Morgan fingerprint density at radius 1 is 1.27 bits per heavy atom. The highest BCUT2D eigenvalue weighted by molar-refractivity contribution is 6.30. The summed E-state index contributed by atoms with van der Waals surface area (Å²) in [6.45, 7) is 0.942. The maximum absolute atomic E-state index is 12.7. The standard InChI is InChI=1S/C19H24ClN3O3/c20-15-4-1-3-14(11-15)19(8-2-9-19)12-22-17(25)13-5-6-16(24)23-18(26)21-10-7-13/h1,3-4,11,13H,2,5-10,12H2,(H,22,25)(H2,21,23,24,26). The van der Waals surface area contributed by atoms with E-state index in [1.54, 1.807) is 0 Å². The Morgan fingerprint density at radius 3 is 2.77 bits per heavy atom. The lowest BCUT2D eigenvalue weighted by Gasteiger charge is -2.43. The number of amides is 4. The summed E-state index contributed by atoms with van der Waals surface area (Å²) in [6.07, 6.45) is 4.32. The van der Waals surface area contributed by atoms with Gasteiger partial charge in [0.05, 0.1) is 0 Å². The molecule has 26 heavy (non-hydrogen) atoms. The van der Waals surface area contributed by atoms with Crippen LogP contribution < -0.4 is 16.0 Å². The van der Waals surface area contributed by atoms with E-state index in [-0.39, 0.29) is 29.6 Å². The zero-order valence-electron chi connectivity index (χ0n) is 14.6. The third kappa shape index (κ3) is 4.36. The van der Waals surface area contributed by atoms with Gasteiger partial charge in [0.25, 0.3) is 0 Å². The third-order valence-electron chi connectivity index (χ3n) is 5.47. The highest BCUT2D eigenvalue weighted by Crippen LogP contribution is 2.43. The number of benzene rings is 1. The van der Waals surface area contributed by atoms with Crippen LogP contribution in [0.2, 0.25) is 5.02 Å². The number of imide groups is 1. The van der Waals surface area contributed by atoms with Crippen molar-refractivity contribution in [2.24, 2.45) is 5.92 Å². The number of nitrogens with one attached hydrogen (secondary N) is 3. The van der Waals surface area contributed by atoms with Crippen LogP contribution >= 0.6 is 11.6 Å². The zero-order valence-corrected chi connectivity index (χ0v) is 15.4. The summed E-state index contributed by atoms with van der Waals surface area (Å²) in [4.78, 5) is 35.7. The van der Waals surface area contributed by atoms with E-state index in [1.807, 2.05) is 18.2 Å². The number of hydrogen-bond donors (Lipinski definition) is 3. The molecule has 3 rings (SSSR count). The quantitative estimate of drug-likeness (QED) is 0.753. The second-order valence-corrected chi connectivity index (χ2v) is 7.63. The van der Waals surface area contributed by atoms with Gasteiger partial charge in [-0.2, -0.15) is 0 Å². The number of halogens is 1. The fourth-order valence-electron chi connectivity index (χ4n) is 3.70. The van der Waals surface area contributed by atoms with Gasteiger partial charge < -0.3 is 10.6 Å². The van der Waals surface area contributed by atoms with Gasteiger partial charge in [0.1, 0.15) is 0 Å². The van der Waals surface area contributed by atoms with Crippen LogP contribution in [0.3, 0.4) is 0 Å². The van der Waals surface area contributed by atoms with E-state index >= 15 is 0 Å². The minimum absolute atomic E-state index is 0.0509. The van der Waals surface area contributed by atoms with Crippen LogP contribution in [0.1, 0.15) is 44.1 Å². The van der Waals surface area contributed by atoms with Crippen LogP contribution in [0.15, 0.2) is 24.3 Å². The highest BCUT2D eigenvalue weighted by Gasteiger charge is 2.39. The molecule has 1 heterocycles. The molecule has 0 spiro atoms. The fourth-order valence-corrected chi connectivity index (χ4v) is 3.89. The van der Waals surface area contributed by atoms with E-state index in [1.165, 1.54) is 0 Å². The van der Waals surface area contributed by atoms with Crippen LogP contribution in [-0.4, -0.2) is 30.9 Å². The summed E-state index contributed by atoms with van der Waals surface area (Å²) in [6, 6.07) is 7.35. The average molecular weight is 378 g/mol. The Balaban J connectivity index is 1.61. The predicted molar refractivity (Wildman–Crippen MR) is 98.9 cm³/mol. The van der Waals surface area contributed by atoms with Crippen molar-refractivity contribution in [3.8, 4) is 0 Å². The van der Waals surface area contributed by atoms with Gasteiger partial charge in [0.15, 0.2) is 0 Å². The van der Waals surface area contributed by atoms with Crippen molar-refractivity contribution in [1.82, 2.24) is 16.0 Å². The van der Waals surface area contributed by atoms with Crippen molar-refractivity contribution in [3.05, 3.63) is 34.9 Å². The molecular weight excluding hydrogens is 354 g/mol. The first-order valence-corrected chi connectivity index (χ1v) is 9.48. The van der Waals surface area contributed by atoms with Gasteiger partial charge in [-0.15, -0.1) is 0 Å². The molecule has 140 valence electrons. The Bertz CT molecular complexity index is 703. The largest absolute Gasteiger partial charge is 0.355 e. The van der Waals surface area contributed by atoms with Crippen molar-refractivity contribution in [2.75, 3.05) is 13.1 Å². The monoisotopic (exact) mass is 377 g/mol. The van der Waals surface area contributed by atoms with E-state index in [0.29, 0.717) is 31.0 Å². The van der Waals surface area contributed by atoms with E-state index in [0.717, 1.165) is 24.8 Å². The van der Waals surface area contributed by atoms with Gasteiger partial charge in [-0.05, 0) is 43.4 Å². The Morgan fingerprint density at radius 2 is 2.08 bits per heavy atom. The van der Waals surface area contributed by atoms with Crippen molar-refractivity contribution >= 4 is 29.4 Å². The Labute approximate surface area is 158 Å². The molecule has 1 saturated heterocycles. The fraction of sp³-hybridized carbons (Fsp3) is 0.526. The molecule has 0 radical (unpaired) electrons. The lowest BCUT2D eigenvalue weighted by atomic mass is 9.64. The Hall–Kier alpha value is -2.08. The first-order chi connectivity index (χ1) is 12.5. The van der Waals surface area contributed by atoms with Crippen LogP contribution in [0.4, 0.5) is 4.79 Å². The number of rotatable bonds is 4. The highest BCUT2D eigenvalue weighted by atomic mass is 35.5. The lowest BCUT2D eigenvalue weighted by molar-refractivity contribution is -0.126. The summed E-state index contributed by atoms with van der Waals surface area (Å²) in [5, 5.41) is 8.64. The van der Waals surface area contributed by atoms with Crippen LogP contribution in [0, 0.1) is 5.92 Å². The second kappa shape index (κ2) is 8.08. The van der Waals surface area contributed by atoms with Crippen LogP contribution in [-0.2, 0) is 15.0 Å². The molecular formula is C19H24ClN3O3. The van der Waals surface area contributed by atoms with Gasteiger partial charge in [-0.3, -0.25) is 14.9 Å². The van der Waals surface area contributed by atoms with Gasteiger partial charge in [-0.1, -0.05) is 30.2 Å². The predicted octanol–water partition coefficient (Wildman–Crippen LogP) is 2.50. The molecule has 2 aliphatic rings. The molecule has 1 atom stereocenters. The summed E-state index contributed by atoms with van der Waals surface area (Å²) < 4.78 is 0. The maximum atomic E-state index is 12.7. The summed E-state index contributed by atoms with van der Waals surface area (Å²) in [5.41, 5.74) is 1.11. The summed E-state index contributed by atoms with van der Waals surface area (Å²) in [5.74, 6) is -0.686. The number of carbonyl (C=O) groups is 3. The molecule has 0 bridgehead atoms. The Kier molecular flexibility index (Phi) is 5.81. The second-order valence-electron chi connectivity index (χ2n) is 7.19. The molecule has 1 aromatic rings. The van der Waals surface area contributed by atoms with Gasteiger partial charge in [0, 0.05) is 35.9 Å². The maximum Gasteiger partial charge on any atom is 0.321 e. The zero-order chi connectivity index (χ0) is 18.6. The molecule has 3 N–H and O–H groups in total. The van der Waals surface area contributed by atoms with Crippen molar-refractivity contribution < 1.29 is 14.4 Å². The number of carbonyl (C=O) groups excluding carboxylic acids is 3. The molecule has 6 nitrogen and oxygen atoms in total. The topological polar surface area (TPSA) is 87.3 Å². The summed E-state index contributed by atoms with van der Waals surface area (Å²) >= 11 is 6.13. The minimum atomic E-state index is -0.495. The molecule has 2 fully saturated rings. The third-order valence-corrected chi connectivity index (χ3v) is 5.71. The van der Waals surface area contributed by atoms with E-state index in [4.69, 9.17) is 11.6 Å². The SMILES string of the molecule is O=C1CCC(C(=O)NCC2(c3cccc(Cl)c3)CCC2)CCNC(=O)N1. The van der Waals surface area contributed by atoms with E-state index < -0.39 is 6.03 Å². The molecule has 1 aromatic carbocycles. The molecule has 1 aliphatic carbocycles. The molecule has 1 saturated carbocycles. The summed E-state index contributed by atoms with van der Waals surface area (Å²) in [7, 11) is 0. The average Bonchev–Trinajstić information content (AvgIpc) is 2.64. The van der Waals surface area contributed by atoms with Crippen molar-refractivity contribution in [2.45, 2.75) is 43.9 Å². The van der Waals surface area contributed by atoms with E-state index in [2.05, 4.69) is 22.0 Å². The van der Waals surface area contributed by atoms with Crippen LogP contribution in [0.5, 0.6) is 0 Å². The number of hydrogen-bond acceptors (Lipinski definition) is 3. The normalized spacial score (nSPS) is 22.7. The molecule has 4 amide bonds. The lowest BCUT2D eigenvalue weighted by Crippen LogP contribution is -2.47. The molecule has 0 aromatic heterocycles. The van der Waals surface area contributed by atoms with Crippen molar-refractivity contribution in [1.29, 1.82) is 0 Å². The van der Waals surface area contributed by atoms with E-state index in [9.17, 15) is 14.4 Å². The van der Waals surface area contributed by atoms with Gasteiger partial charge >= 0.3 is 6.03 Å². The number of urea groups is 1. The first kappa shape index (κ1) is 18.7. The van der Waals surface area contributed by atoms with Gasteiger partial charge in [0.2, 0.25) is 11.8 Å². The molecule has 1 aliphatic heterocycles. The van der Waals surface area contributed by atoms with Crippen LogP contribution in [0.25, 0.3) is 0 Å². The minimum Gasteiger partial charge on any atom is -0.355 e. The smallest absolute Gasteiger partial charge is 0.321 e. The molecule has 7 heteroatoms. The van der Waals surface area contributed by atoms with Crippen molar-refractivity contribution in [3.63, 3.8) is 0 Å².